The fraction of sp³-hybridized carbons (Fsp3) is 0.0800. The maximum Gasteiger partial charge on any atom is 0.338 e. The molecule has 2 atom stereocenters. The molecule has 8 aliphatic heterocycles. The number of aliphatic hydroxyl groups is 1. The first-order valence-corrected chi connectivity index (χ1v) is 30.1. The second-order valence-electron chi connectivity index (χ2n) is 25.1. The lowest BCUT2D eigenvalue weighted by molar-refractivity contribution is 0.186. The van der Waals surface area contributed by atoms with E-state index < -0.39 is 11.8 Å². The SMILES string of the molecule is Cc1cccc(C)c1B1c2ccccc2N2C(=O)N3c4cccc5c4B(c4ccccc4C54c5ccccc5B5c6ccc7ccc8c9c7c6N(c6cccc4c65)C(O)N9c4ccccc4B8c4c(C)cccc4C)c4ccc5ccc1c2c5c43. The zero-order chi connectivity index (χ0) is 56.2. The Labute approximate surface area is 494 Å². The van der Waals surface area contributed by atoms with Gasteiger partial charge in [-0.25, -0.2) is 4.79 Å². The molecular formula is C75H50B4N4O2. The third kappa shape index (κ3) is 5.31. The monoisotopic (exact) mass is 1080 g/mol. The van der Waals surface area contributed by atoms with Crippen molar-refractivity contribution in [2.24, 2.45) is 0 Å². The molecule has 0 fully saturated rings. The van der Waals surface area contributed by atoms with Crippen molar-refractivity contribution < 1.29 is 9.90 Å². The highest BCUT2D eigenvalue weighted by atomic mass is 16.3. The summed E-state index contributed by atoms with van der Waals surface area (Å²) in [5, 5.41) is 18.3. The molecule has 1 spiro atoms. The molecule has 0 bridgehead atoms. The van der Waals surface area contributed by atoms with E-state index in [0.717, 1.165) is 83.5 Å². The summed E-state index contributed by atoms with van der Waals surface area (Å²) in [6.45, 7) is 8.54. The van der Waals surface area contributed by atoms with Gasteiger partial charge in [0.2, 0.25) is 33.2 Å². The summed E-state index contributed by atoms with van der Waals surface area (Å²) >= 11 is 0. The van der Waals surface area contributed by atoms with Gasteiger partial charge in [0.15, 0.2) is 0 Å². The van der Waals surface area contributed by atoms with Crippen LogP contribution in [0.2, 0.25) is 0 Å². The highest BCUT2D eigenvalue weighted by Crippen LogP contribution is 2.55. The Hall–Kier alpha value is -9.75. The van der Waals surface area contributed by atoms with Crippen LogP contribution in [0, 0.1) is 27.7 Å². The lowest BCUT2D eigenvalue weighted by Gasteiger charge is -2.55. The Kier molecular flexibility index (Phi) is 8.74. The predicted octanol–water partition coefficient (Wildman–Crippen LogP) is 7.53. The molecule has 6 nitrogen and oxygen atoms in total. The molecule has 0 aromatic heterocycles. The van der Waals surface area contributed by atoms with Crippen molar-refractivity contribution in [3.63, 3.8) is 0 Å². The van der Waals surface area contributed by atoms with Crippen LogP contribution >= 0.6 is 0 Å². The molecule has 0 aliphatic carbocycles. The molecule has 0 saturated carbocycles. The largest absolute Gasteiger partial charge is 0.356 e. The summed E-state index contributed by atoms with van der Waals surface area (Å²) in [5.74, 6) is 0. The van der Waals surface area contributed by atoms with Crippen LogP contribution in [0.25, 0.3) is 21.5 Å². The third-order valence-electron chi connectivity index (χ3n) is 21.5. The Morgan fingerprint density at radius 2 is 0.682 bits per heavy atom. The van der Waals surface area contributed by atoms with Gasteiger partial charge in [0.05, 0.1) is 28.2 Å². The van der Waals surface area contributed by atoms with Crippen LogP contribution in [-0.2, 0) is 5.41 Å². The van der Waals surface area contributed by atoms with Gasteiger partial charge in [-0.1, -0.05) is 238 Å². The Morgan fingerprint density at radius 3 is 1.21 bits per heavy atom. The minimum absolute atomic E-state index is 0.0193. The first-order chi connectivity index (χ1) is 41.8. The summed E-state index contributed by atoms with van der Waals surface area (Å²) in [6, 6.07) is 81.3. The van der Waals surface area contributed by atoms with Crippen LogP contribution in [0.1, 0.15) is 44.5 Å². The van der Waals surface area contributed by atoms with Crippen molar-refractivity contribution >= 4 is 165 Å². The number of rotatable bonds is 2. The van der Waals surface area contributed by atoms with E-state index in [-0.39, 0.29) is 32.9 Å². The quantitative estimate of drug-likeness (QED) is 0.182. The number of urea groups is 1. The predicted molar refractivity (Wildman–Crippen MR) is 356 cm³/mol. The Morgan fingerprint density at radius 1 is 0.329 bits per heavy atom. The molecule has 85 heavy (non-hydrogen) atoms. The van der Waals surface area contributed by atoms with E-state index in [1.165, 1.54) is 93.6 Å². The molecule has 8 heterocycles. The van der Waals surface area contributed by atoms with Gasteiger partial charge < -0.3 is 5.11 Å². The van der Waals surface area contributed by atoms with Crippen molar-refractivity contribution in [2.75, 3.05) is 19.6 Å². The lowest BCUT2D eigenvalue weighted by atomic mass is 9.25. The van der Waals surface area contributed by atoms with Gasteiger partial charge in [-0.3, -0.25) is 19.6 Å². The number of carbonyl (C=O) groups excluding carboxylic acids is 1. The molecule has 0 radical (unpaired) electrons. The first-order valence-electron chi connectivity index (χ1n) is 30.1. The summed E-state index contributed by atoms with van der Waals surface area (Å²) < 4.78 is 0. The number of para-hydroxylation sites is 2. The van der Waals surface area contributed by atoms with Crippen LogP contribution in [-0.4, -0.2) is 44.3 Å². The Bertz CT molecular complexity index is 5120. The van der Waals surface area contributed by atoms with Crippen molar-refractivity contribution in [2.45, 2.75) is 39.5 Å². The molecule has 0 saturated heterocycles. The number of anilines is 8. The zero-order valence-electron chi connectivity index (χ0n) is 47.3. The molecular weight excluding hydrogens is 1030 g/mol. The topological polar surface area (TPSA) is 50.3 Å². The average molecular weight is 1080 g/mol. The Balaban J connectivity index is 0.856. The zero-order valence-corrected chi connectivity index (χ0v) is 47.3. The lowest BCUT2D eigenvalue weighted by Crippen LogP contribution is -2.72. The van der Waals surface area contributed by atoms with Gasteiger partial charge in [0.25, 0.3) is 0 Å². The molecule has 2 amide bonds. The number of benzene rings is 12. The molecule has 12 aromatic rings. The highest BCUT2D eigenvalue weighted by Gasteiger charge is 2.60. The van der Waals surface area contributed by atoms with Gasteiger partial charge in [0, 0.05) is 33.5 Å². The van der Waals surface area contributed by atoms with Crippen LogP contribution in [0.5, 0.6) is 0 Å². The van der Waals surface area contributed by atoms with Crippen molar-refractivity contribution in [1.82, 2.24) is 0 Å². The number of hydrogen-bond donors (Lipinski definition) is 1. The minimum atomic E-state index is -1.07. The van der Waals surface area contributed by atoms with Gasteiger partial charge in [-0.05, 0) is 129 Å². The van der Waals surface area contributed by atoms with E-state index >= 15 is 4.79 Å². The van der Waals surface area contributed by atoms with E-state index in [2.05, 4.69) is 266 Å². The molecule has 12 aromatic carbocycles. The molecule has 10 heteroatoms. The molecule has 20 rings (SSSR count). The molecule has 1 N–H and O–H groups in total. The first kappa shape index (κ1) is 46.7. The smallest absolute Gasteiger partial charge is 0.338 e. The number of amides is 2. The molecule has 394 valence electrons. The second kappa shape index (κ2) is 15.9. The van der Waals surface area contributed by atoms with E-state index in [1.807, 2.05) is 0 Å². The maximum absolute atomic E-state index is 16.5. The van der Waals surface area contributed by atoms with Gasteiger partial charge >= 0.3 is 6.03 Å². The summed E-state index contributed by atoms with van der Waals surface area (Å²) in [7, 11) is 0. The maximum atomic E-state index is 16.5. The van der Waals surface area contributed by atoms with Gasteiger partial charge in [0.1, 0.15) is 0 Å². The number of aryl methyl sites for hydroxylation is 4. The number of aliphatic hydroxyl groups excluding tert-OH is 1. The molecule has 8 aliphatic rings. The van der Waals surface area contributed by atoms with E-state index in [0.29, 0.717) is 0 Å². The molecule has 2 unspecified atom stereocenters. The van der Waals surface area contributed by atoms with Crippen molar-refractivity contribution in [3.05, 3.63) is 263 Å². The van der Waals surface area contributed by atoms with Crippen LogP contribution in [0.3, 0.4) is 0 Å². The minimum Gasteiger partial charge on any atom is -0.356 e. The number of carbonyl (C=O) groups is 1. The van der Waals surface area contributed by atoms with Crippen molar-refractivity contribution in [3.8, 4) is 0 Å². The standard InChI is InChI=1S/C75H50B4N4O2/c1-41-17-13-18-42(2)65(41)78-53-27-9-11-29-59(53)80-69-57(78)39-35-45-33-37-55-71(63(45)69)82(73(80)84)61-31-15-23-49-67(61)76(55)51-25-7-5-21-47(51)75(49)48-22-6-8-26-52(48)77-56-38-34-46-36-40-58-70-64(46)72(56)83(62-32-16-24-50(75)68(62)77)74(85)81(70)60-30-12-10-28-54(60)79(58)66-43(3)19-14-20-44(66)4/h5-40,73,84H,1-4H3. The van der Waals surface area contributed by atoms with E-state index in [9.17, 15) is 5.11 Å². The summed E-state index contributed by atoms with van der Waals surface area (Å²) in [4.78, 5) is 25.2. The third-order valence-corrected chi connectivity index (χ3v) is 21.5. The summed E-state index contributed by atoms with van der Waals surface area (Å²) in [5.41, 5.74) is 31.6. The number of hydrogen-bond acceptors (Lipinski definition) is 4. The fourth-order valence-electron chi connectivity index (χ4n) is 18.5. The fourth-order valence-corrected chi connectivity index (χ4v) is 18.5. The van der Waals surface area contributed by atoms with E-state index in [4.69, 9.17) is 0 Å². The van der Waals surface area contributed by atoms with Crippen LogP contribution in [0.15, 0.2) is 218 Å². The number of nitrogens with zero attached hydrogens (tertiary/aromatic N) is 4. The van der Waals surface area contributed by atoms with Gasteiger partial charge in [-0.15, -0.1) is 0 Å². The van der Waals surface area contributed by atoms with Crippen LogP contribution < -0.4 is 85.2 Å². The van der Waals surface area contributed by atoms with Crippen LogP contribution in [0.4, 0.5) is 50.3 Å². The summed E-state index contributed by atoms with van der Waals surface area (Å²) in [6.07, 6.45) is -1.07. The number of fused-ring (bicyclic) bond motifs is 16. The van der Waals surface area contributed by atoms with Gasteiger partial charge in [-0.2, -0.15) is 0 Å². The second-order valence-corrected chi connectivity index (χ2v) is 25.1. The average Bonchev–Trinajstić information content (AvgIpc) is 0.691. The van der Waals surface area contributed by atoms with E-state index in [1.54, 1.807) is 0 Å². The normalized spacial score (nSPS) is 17.7. The highest BCUT2D eigenvalue weighted by molar-refractivity contribution is 7.02. The van der Waals surface area contributed by atoms with Crippen molar-refractivity contribution in [1.29, 1.82) is 0 Å².